The van der Waals surface area contributed by atoms with E-state index < -0.39 is 58.4 Å². The van der Waals surface area contributed by atoms with Gasteiger partial charge in [0, 0.05) is 28.7 Å². The van der Waals surface area contributed by atoms with Crippen LogP contribution in [0.1, 0.15) is 64.9 Å². The number of ketones is 2. The molecular formula is C29H35FO6. The average Bonchev–Trinajstić information content (AvgIpc) is 3.29. The molecule has 1 unspecified atom stereocenters. The van der Waals surface area contributed by atoms with Crippen LogP contribution in [0.3, 0.4) is 0 Å². The fourth-order valence-electron chi connectivity index (χ4n) is 9.00. The third-order valence-corrected chi connectivity index (χ3v) is 10.8. The Kier molecular flexibility index (Phi) is 5.13. The first-order valence-corrected chi connectivity index (χ1v) is 13.1. The summed E-state index contributed by atoms with van der Waals surface area (Å²) in [6.07, 6.45) is 1.70. The molecule has 36 heavy (non-hydrogen) atoms. The number of carbonyl (C=O) groups is 2. The molecular weight excluding hydrogens is 463 g/mol. The van der Waals surface area contributed by atoms with Gasteiger partial charge >= 0.3 is 0 Å². The zero-order valence-corrected chi connectivity index (χ0v) is 21.1. The molecule has 5 aliphatic rings. The molecule has 2 N–H and O–H groups in total. The largest absolute Gasteiger partial charge is 0.390 e. The fraction of sp³-hybridized carbons (Fsp3) is 0.655. The lowest BCUT2D eigenvalue weighted by atomic mass is 9.44. The first-order chi connectivity index (χ1) is 17.0. The molecule has 0 radical (unpaired) electrons. The number of hydrogen-bond acceptors (Lipinski definition) is 6. The van der Waals surface area contributed by atoms with Gasteiger partial charge in [-0.05, 0) is 51.0 Å². The van der Waals surface area contributed by atoms with E-state index in [1.54, 1.807) is 13.0 Å². The van der Waals surface area contributed by atoms with Crippen molar-refractivity contribution in [2.75, 3.05) is 6.61 Å². The normalized spacial score (nSPS) is 49.5. The molecule has 6 nitrogen and oxygen atoms in total. The number of aliphatic hydroxyl groups is 2. The number of halogens is 1. The zero-order valence-electron chi connectivity index (χ0n) is 21.1. The number of allylic oxidation sites excluding steroid dienone is 1. The Morgan fingerprint density at radius 1 is 1.14 bits per heavy atom. The van der Waals surface area contributed by atoms with Gasteiger partial charge in [0.2, 0.25) is 0 Å². The van der Waals surface area contributed by atoms with Gasteiger partial charge in [0.25, 0.3) is 0 Å². The number of aliphatic hydroxyl groups excluding tert-OH is 2. The average molecular weight is 499 g/mol. The van der Waals surface area contributed by atoms with Crippen LogP contribution in [0, 0.1) is 22.7 Å². The van der Waals surface area contributed by atoms with Crippen LogP contribution in [0.15, 0.2) is 42.0 Å². The van der Waals surface area contributed by atoms with Crippen molar-refractivity contribution in [1.29, 1.82) is 0 Å². The molecule has 1 aromatic rings. The molecule has 0 spiro atoms. The Morgan fingerprint density at radius 2 is 1.86 bits per heavy atom. The van der Waals surface area contributed by atoms with Crippen molar-refractivity contribution in [3.63, 3.8) is 0 Å². The van der Waals surface area contributed by atoms with Gasteiger partial charge in [0.1, 0.15) is 12.3 Å². The van der Waals surface area contributed by atoms with E-state index in [0.717, 1.165) is 11.1 Å². The second kappa shape index (κ2) is 7.56. The summed E-state index contributed by atoms with van der Waals surface area (Å²) in [5, 5.41) is 21.7. The van der Waals surface area contributed by atoms with Crippen molar-refractivity contribution in [2.45, 2.75) is 88.6 Å². The van der Waals surface area contributed by atoms with Crippen molar-refractivity contribution in [1.82, 2.24) is 0 Å². The Bertz CT molecular complexity index is 1150. The smallest absolute Gasteiger partial charge is 0.193 e. The predicted molar refractivity (Wildman–Crippen MR) is 128 cm³/mol. The van der Waals surface area contributed by atoms with Crippen molar-refractivity contribution < 1.29 is 33.7 Å². The third-order valence-electron chi connectivity index (χ3n) is 10.8. The van der Waals surface area contributed by atoms with Crippen LogP contribution in [0.25, 0.3) is 0 Å². The SMILES string of the molecule is CC1(c2ccccc2)O[C@@H]2C[C@H]3[C@@H]4CCC5=CC(=O)CC[C@]5(C)[C@@]4(F)[C@@H](O)C[C@]3(C)[C@]2(C(=O)CO)O1. The molecule has 0 bridgehead atoms. The monoisotopic (exact) mass is 498 g/mol. The van der Waals surface area contributed by atoms with Crippen molar-refractivity contribution in [3.05, 3.63) is 47.5 Å². The van der Waals surface area contributed by atoms with Gasteiger partial charge in [0.05, 0.1) is 12.2 Å². The van der Waals surface area contributed by atoms with Crippen LogP contribution in [0.5, 0.6) is 0 Å². The summed E-state index contributed by atoms with van der Waals surface area (Å²) >= 11 is 0. The molecule has 194 valence electrons. The minimum atomic E-state index is -1.92. The van der Waals surface area contributed by atoms with Crippen molar-refractivity contribution in [2.24, 2.45) is 22.7 Å². The first-order valence-electron chi connectivity index (χ1n) is 13.1. The topological polar surface area (TPSA) is 93.1 Å². The van der Waals surface area contributed by atoms with Gasteiger partial charge in [-0.1, -0.05) is 49.8 Å². The number of fused-ring (bicyclic) bond motifs is 7. The Labute approximate surface area is 210 Å². The maximum absolute atomic E-state index is 17.4. The van der Waals surface area contributed by atoms with Crippen LogP contribution in [-0.2, 0) is 24.8 Å². The number of hydrogen-bond donors (Lipinski definition) is 2. The summed E-state index contributed by atoms with van der Waals surface area (Å²) in [5.41, 5.74) is -3.75. The molecule has 1 aromatic carbocycles. The van der Waals surface area contributed by atoms with Crippen LogP contribution < -0.4 is 0 Å². The van der Waals surface area contributed by atoms with E-state index in [4.69, 9.17) is 9.47 Å². The highest BCUT2D eigenvalue weighted by molar-refractivity contribution is 5.92. The molecule has 1 aliphatic heterocycles. The summed E-state index contributed by atoms with van der Waals surface area (Å²) in [4.78, 5) is 25.7. The van der Waals surface area contributed by atoms with E-state index in [0.29, 0.717) is 25.7 Å². The standard InChI is InChI=1S/C29H35FO6/c1-25-12-11-19(32)13-18(25)9-10-20-21-14-24-29(23(34)16-31,26(21,2)15-22(33)28(20,25)30)36-27(3,35-24)17-7-5-4-6-8-17/h4-8,13,20-22,24,31,33H,9-12,14-16H2,1-3H3/t20-,21-,22-,24+,25-,26-,27?,28-,29+/m0/s1. The Morgan fingerprint density at radius 3 is 2.56 bits per heavy atom. The molecule has 3 saturated carbocycles. The predicted octanol–water partition coefficient (Wildman–Crippen LogP) is 3.78. The highest BCUT2D eigenvalue weighted by atomic mass is 19.1. The van der Waals surface area contributed by atoms with Crippen molar-refractivity contribution in [3.8, 4) is 0 Å². The van der Waals surface area contributed by atoms with Crippen molar-refractivity contribution >= 4 is 11.6 Å². The number of Topliss-reactive ketones (excluding diaryl/α,β-unsaturated/α-hetero) is 1. The third kappa shape index (κ3) is 2.70. The van der Waals surface area contributed by atoms with E-state index in [9.17, 15) is 19.8 Å². The molecule has 4 aliphatic carbocycles. The highest BCUT2D eigenvalue weighted by Crippen LogP contribution is 2.73. The molecule has 0 amide bonds. The van der Waals surface area contributed by atoms with Crippen LogP contribution in [-0.4, -0.2) is 51.9 Å². The fourth-order valence-corrected chi connectivity index (χ4v) is 9.00. The minimum absolute atomic E-state index is 0.0119. The molecule has 6 rings (SSSR count). The molecule has 9 atom stereocenters. The number of rotatable bonds is 3. The van der Waals surface area contributed by atoms with Crippen LogP contribution in [0.4, 0.5) is 4.39 Å². The Balaban J connectivity index is 1.45. The minimum Gasteiger partial charge on any atom is -0.390 e. The molecule has 4 fully saturated rings. The lowest BCUT2D eigenvalue weighted by molar-refractivity contribution is -0.258. The maximum Gasteiger partial charge on any atom is 0.193 e. The van der Waals surface area contributed by atoms with Gasteiger partial charge in [0.15, 0.2) is 23.0 Å². The van der Waals surface area contributed by atoms with Gasteiger partial charge in [-0.15, -0.1) is 0 Å². The highest BCUT2D eigenvalue weighted by Gasteiger charge is 2.80. The van der Waals surface area contributed by atoms with Gasteiger partial charge in [-0.25, -0.2) is 4.39 Å². The lowest BCUT2D eigenvalue weighted by Gasteiger charge is -2.63. The van der Waals surface area contributed by atoms with Gasteiger partial charge < -0.3 is 19.7 Å². The summed E-state index contributed by atoms with van der Waals surface area (Å²) in [6, 6.07) is 9.38. The quantitative estimate of drug-likeness (QED) is 0.659. The molecule has 0 aromatic heterocycles. The maximum atomic E-state index is 17.4. The summed E-state index contributed by atoms with van der Waals surface area (Å²) in [5.74, 6) is -2.49. The number of alkyl halides is 1. The number of benzene rings is 1. The summed E-state index contributed by atoms with van der Waals surface area (Å²) in [7, 11) is 0. The van der Waals surface area contributed by atoms with Gasteiger partial charge in [-0.3, -0.25) is 9.59 Å². The number of carbonyl (C=O) groups excluding carboxylic acids is 2. The second-order valence-corrected chi connectivity index (χ2v) is 12.2. The van der Waals surface area contributed by atoms with E-state index >= 15 is 4.39 Å². The molecule has 1 heterocycles. The first kappa shape index (κ1) is 24.4. The van der Waals surface area contributed by atoms with Crippen LogP contribution >= 0.6 is 0 Å². The van der Waals surface area contributed by atoms with E-state index in [1.807, 2.05) is 44.2 Å². The van der Waals surface area contributed by atoms with Crippen LogP contribution in [0.2, 0.25) is 0 Å². The van der Waals surface area contributed by atoms with Gasteiger partial charge in [-0.2, -0.15) is 0 Å². The second-order valence-electron chi connectivity index (χ2n) is 12.2. The molecule has 7 heteroatoms. The lowest BCUT2D eigenvalue weighted by Crippen LogP contribution is -2.70. The summed E-state index contributed by atoms with van der Waals surface area (Å²) < 4.78 is 30.6. The van der Waals surface area contributed by atoms with E-state index in [-0.39, 0.29) is 24.5 Å². The van der Waals surface area contributed by atoms with E-state index in [2.05, 4.69) is 0 Å². The molecule has 1 saturated heterocycles. The number of ether oxygens (including phenoxy) is 2. The zero-order chi connectivity index (χ0) is 25.7. The summed E-state index contributed by atoms with van der Waals surface area (Å²) in [6.45, 7) is 4.82. The Hall–Kier alpha value is -1.93. The van der Waals surface area contributed by atoms with E-state index in [1.165, 1.54) is 0 Å².